The van der Waals surface area contributed by atoms with Crippen LogP contribution in [0.5, 0.6) is 5.75 Å². The van der Waals surface area contributed by atoms with E-state index in [0.29, 0.717) is 5.02 Å². The second-order valence-corrected chi connectivity index (χ2v) is 5.78. The molecule has 0 radical (unpaired) electrons. The first-order valence-corrected chi connectivity index (χ1v) is 7.65. The van der Waals surface area contributed by atoms with Crippen LogP contribution in [0, 0.1) is 0 Å². The van der Waals surface area contributed by atoms with Crippen LogP contribution >= 0.6 is 27.5 Å². The average molecular weight is 355 g/mol. The Labute approximate surface area is 133 Å². The molecule has 0 fully saturated rings. The lowest BCUT2D eigenvalue weighted by molar-refractivity contribution is 0.404. The van der Waals surface area contributed by atoms with Crippen molar-refractivity contribution in [2.75, 3.05) is 13.7 Å². The Morgan fingerprint density at radius 3 is 2.50 bits per heavy atom. The third kappa shape index (κ3) is 3.54. The maximum atomic E-state index is 6.14. The van der Waals surface area contributed by atoms with Crippen LogP contribution in [0.4, 0.5) is 0 Å². The van der Waals surface area contributed by atoms with Crippen LogP contribution in [0.1, 0.15) is 24.1 Å². The second-order valence-electron chi connectivity index (χ2n) is 4.43. The van der Waals surface area contributed by atoms with Crippen LogP contribution in [0.25, 0.3) is 0 Å². The first-order valence-electron chi connectivity index (χ1n) is 6.48. The van der Waals surface area contributed by atoms with Crippen molar-refractivity contribution in [3.63, 3.8) is 0 Å². The molecule has 106 valence electrons. The number of rotatable bonds is 5. The molecule has 0 spiro atoms. The largest absolute Gasteiger partial charge is 0.496 e. The maximum absolute atomic E-state index is 6.14. The average Bonchev–Trinajstić information content (AvgIpc) is 2.46. The predicted molar refractivity (Wildman–Crippen MR) is 87.7 cm³/mol. The van der Waals surface area contributed by atoms with Gasteiger partial charge in [-0.1, -0.05) is 46.6 Å². The molecule has 1 N–H and O–H groups in total. The van der Waals surface area contributed by atoms with Gasteiger partial charge in [-0.25, -0.2) is 0 Å². The van der Waals surface area contributed by atoms with Crippen molar-refractivity contribution in [2.24, 2.45) is 0 Å². The van der Waals surface area contributed by atoms with Crippen molar-refractivity contribution >= 4 is 27.5 Å². The summed E-state index contributed by atoms with van der Waals surface area (Å²) < 4.78 is 6.53. The summed E-state index contributed by atoms with van der Waals surface area (Å²) >= 11 is 9.60. The summed E-state index contributed by atoms with van der Waals surface area (Å²) in [7, 11) is 1.68. The maximum Gasteiger partial charge on any atom is 0.124 e. The van der Waals surface area contributed by atoms with Crippen molar-refractivity contribution in [3.8, 4) is 5.75 Å². The highest BCUT2D eigenvalue weighted by Crippen LogP contribution is 2.32. The van der Waals surface area contributed by atoms with E-state index >= 15 is 0 Å². The fourth-order valence-corrected chi connectivity index (χ4v) is 2.64. The van der Waals surface area contributed by atoms with E-state index in [4.69, 9.17) is 16.3 Å². The molecule has 0 bridgehead atoms. The molecule has 1 atom stereocenters. The Kier molecular flexibility index (Phi) is 5.46. The standard InChI is InChI=1S/C16H17BrClNO/c1-3-19-16(11-4-6-12(17)7-5-11)14-10-13(18)8-9-15(14)20-2/h4-10,16,19H,3H2,1-2H3. The smallest absolute Gasteiger partial charge is 0.124 e. The lowest BCUT2D eigenvalue weighted by atomic mass is 9.98. The summed E-state index contributed by atoms with van der Waals surface area (Å²) in [4.78, 5) is 0. The van der Waals surface area contributed by atoms with Crippen molar-refractivity contribution in [1.29, 1.82) is 0 Å². The third-order valence-electron chi connectivity index (χ3n) is 3.11. The molecular weight excluding hydrogens is 338 g/mol. The normalized spacial score (nSPS) is 12.2. The van der Waals surface area contributed by atoms with Crippen molar-refractivity contribution in [1.82, 2.24) is 5.32 Å². The quantitative estimate of drug-likeness (QED) is 0.832. The van der Waals surface area contributed by atoms with Crippen LogP contribution in [-0.4, -0.2) is 13.7 Å². The molecule has 4 heteroatoms. The van der Waals surface area contributed by atoms with Crippen molar-refractivity contribution in [3.05, 3.63) is 63.1 Å². The minimum atomic E-state index is 0.0572. The van der Waals surface area contributed by atoms with E-state index < -0.39 is 0 Å². The van der Waals surface area contributed by atoms with Gasteiger partial charge in [0.2, 0.25) is 0 Å². The van der Waals surface area contributed by atoms with E-state index in [2.05, 4.69) is 40.3 Å². The Balaban J connectivity index is 2.47. The van der Waals surface area contributed by atoms with E-state index in [1.54, 1.807) is 7.11 Å². The van der Waals surface area contributed by atoms with Gasteiger partial charge >= 0.3 is 0 Å². The Hall–Kier alpha value is -1.03. The summed E-state index contributed by atoms with van der Waals surface area (Å²) in [6.45, 7) is 2.94. The molecule has 0 amide bonds. The van der Waals surface area contributed by atoms with Gasteiger partial charge in [0, 0.05) is 15.1 Å². The van der Waals surface area contributed by atoms with Crippen LogP contribution in [0.2, 0.25) is 5.02 Å². The van der Waals surface area contributed by atoms with E-state index in [1.165, 1.54) is 5.56 Å². The Morgan fingerprint density at radius 1 is 1.20 bits per heavy atom. The molecule has 2 rings (SSSR count). The molecule has 0 heterocycles. The SMILES string of the molecule is CCNC(c1ccc(Br)cc1)c1cc(Cl)ccc1OC. The molecule has 0 aliphatic carbocycles. The van der Waals surface area contributed by atoms with Gasteiger partial charge < -0.3 is 10.1 Å². The molecule has 2 aromatic rings. The van der Waals surface area contributed by atoms with E-state index in [-0.39, 0.29) is 6.04 Å². The number of halogens is 2. The highest BCUT2D eigenvalue weighted by Gasteiger charge is 2.17. The van der Waals surface area contributed by atoms with Gasteiger partial charge in [0.05, 0.1) is 13.2 Å². The van der Waals surface area contributed by atoms with Gasteiger partial charge in [0.1, 0.15) is 5.75 Å². The number of ether oxygens (including phenoxy) is 1. The van der Waals surface area contributed by atoms with Crippen LogP contribution in [0.3, 0.4) is 0 Å². The zero-order chi connectivity index (χ0) is 14.5. The number of nitrogens with one attached hydrogen (secondary N) is 1. The van der Waals surface area contributed by atoms with Crippen molar-refractivity contribution < 1.29 is 4.74 Å². The van der Waals surface area contributed by atoms with Crippen LogP contribution in [-0.2, 0) is 0 Å². The lowest BCUT2D eigenvalue weighted by Gasteiger charge is -2.21. The van der Waals surface area contributed by atoms with E-state index in [0.717, 1.165) is 22.3 Å². The summed E-state index contributed by atoms with van der Waals surface area (Å²) in [5, 5.41) is 4.19. The van der Waals surface area contributed by atoms with E-state index in [1.807, 2.05) is 30.3 Å². The molecule has 0 aromatic heterocycles. The first kappa shape index (κ1) is 15.4. The monoisotopic (exact) mass is 353 g/mol. The zero-order valence-electron chi connectivity index (χ0n) is 11.5. The lowest BCUT2D eigenvalue weighted by Crippen LogP contribution is -2.22. The van der Waals surface area contributed by atoms with Gasteiger partial charge in [-0.3, -0.25) is 0 Å². The van der Waals surface area contributed by atoms with Gasteiger partial charge in [-0.2, -0.15) is 0 Å². The number of benzene rings is 2. The molecule has 2 nitrogen and oxygen atoms in total. The number of hydrogen-bond donors (Lipinski definition) is 1. The van der Waals surface area contributed by atoms with Crippen LogP contribution in [0.15, 0.2) is 46.9 Å². The molecular formula is C16H17BrClNO. The van der Waals surface area contributed by atoms with Gasteiger partial charge in [-0.15, -0.1) is 0 Å². The number of hydrogen-bond acceptors (Lipinski definition) is 2. The molecule has 0 saturated carbocycles. The van der Waals surface area contributed by atoms with Gasteiger partial charge in [0.25, 0.3) is 0 Å². The molecule has 0 aliphatic rings. The minimum absolute atomic E-state index is 0.0572. The highest BCUT2D eigenvalue weighted by molar-refractivity contribution is 9.10. The number of methoxy groups -OCH3 is 1. The van der Waals surface area contributed by atoms with Gasteiger partial charge in [0.15, 0.2) is 0 Å². The molecule has 20 heavy (non-hydrogen) atoms. The fraction of sp³-hybridized carbons (Fsp3) is 0.250. The second kappa shape index (κ2) is 7.11. The predicted octanol–water partition coefficient (Wildman–Crippen LogP) is 4.81. The Morgan fingerprint density at radius 2 is 1.90 bits per heavy atom. The highest BCUT2D eigenvalue weighted by atomic mass is 79.9. The van der Waals surface area contributed by atoms with Gasteiger partial charge in [-0.05, 0) is 42.4 Å². The Bertz CT molecular complexity index is 571. The fourth-order valence-electron chi connectivity index (χ4n) is 2.20. The molecule has 2 aromatic carbocycles. The molecule has 1 unspecified atom stereocenters. The molecule has 0 aliphatic heterocycles. The third-order valence-corrected chi connectivity index (χ3v) is 3.88. The first-order chi connectivity index (χ1) is 9.65. The zero-order valence-corrected chi connectivity index (χ0v) is 13.8. The van der Waals surface area contributed by atoms with E-state index in [9.17, 15) is 0 Å². The topological polar surface area (TPSA) is 21.3 Å². The summed E-state index contributed by atoms with van der Waals surface area (Å²) in [6.07, 6.45) is 0. The summed E-state index contributed by atoms with van der Waals surface area (Å²) in [6, 6.07) is 14.0. The minimum Gasteiger partial charge on any atom is -0.496 e. The van der Waals surface area contributed by atoms with Crippen LogP contribution < -0.4 is 10.1 Å². The summed E-state index contributed by atoms with van der Waals surface area (Å²) in [5.74, 6) is 0.836. The molecule has 0 saturated heterocycles. The summed E-state index contributed by atoms with van der Waals surface area (Å²) in [5.41, 5.74) is 2.22. The van der Waals surface area contributed by atoms with Crippen molar-refractivity contribution in [2.45, 2.75) is 13.0 Å².